The van der Waals surface area contributed by atoms with Gasteiger partial charge in [0.15, 0.2) is 0 Å². The number of nitrogens with zero attached hydrogens (tertiary/aromatic N) is 2. The molecular formula is C30H41N3O2. The Labute approximate surface area is 210 Å². The minimum atomic E-state index is -0.00414. The van der Waals surface area contributed by atoms with E-state index in [-0.39, 0.29) is 17.7 Å². The smallest absolute Gasteiger partial charge is 0.223 e. The lowest BCUT2D eigenvalue weighted by Gasteiger charge is -2.35. The van der Waals surface area contributed by atoms with E-state index < -0.39 is 0 Å². The van der Waals surface area contributed by atoms with Gasteiger partial charge in [-0.05, 0) is 54.2 Å². The predicted octanol–water partition coefficient (Wildman–Crippen LogP) is 4.65. The van der Waals surface area contributed by atoms with Crippen LogP contribution >= 0.6 is 0 Å². The van der Waals surface area contributed by atoms with Gasteiger partial charge < -0.3 is 10.2 Å². The van der Waals surface area contributed by atoms with Crippen LogP contribution in [0.4, 0.5) is 0 Å². The summed E-state index contributed by atoms with van der Waals surface area (Å²) >= 11 is 0. The fraction of sp³-hybridized carbons (Fsp3) is 0.533. The zero-order chi connectivity index (χ0) is 24.6. The van der Waals surface area contributed by atoms with E-state index in [2.05, 4.69) is 60.5 Å². The van der Waals surface area contributed by atoms with E-state index >= 15 is 0 Å². The van der Waals surface area contributed by atoms with Gasteiger partial charge in [0.2, 0.25) is 11.8 Å². The lowest BCUT2D eigenvalue weighted by atomic mass is 9.91. The number of hydrogen-bond donors (Lipinski definition) is 1. The summed E-state index contributed by atoms with van der Waals surface area (Å²) in [5, 5.41) is 3.12. The summed E-state index contributed by atoms with van der Waals surface area (Å²) in [6, 6.07) is 18.8. The predicted molar refractivity (Wildman–Crippen MR) is 141 cm³/mol. The molecule has 5 heteroatoms. The summed E-state index contributed by atoms with van der Waals surface area (Å²) in [7, 11) is 0. The molecule has 35 heavy (non-hydrogen) atoms. The highest BCUT2D eigenvalue weighted by Crippen LogP contribution is 2.23. The van der Waals surface area contributed by atoms with Crippen LogP contribution in [0.2, 0.25) is 0 Å². The quantitative estimate of drug-likeness (QED) is 0.605. The van der Waals surface area contributed by atoms with Crippen molar-refractivity contribution in [3.05, 3.63) is 71.3 Å². The summed E-state index contributed by atoms with van der Waals surface area (Å²) in [5.41, 5.74) is 3.67. The van der Waals surface area contributed by atoms with Gasteiger partial charge >= 0.3 is 0 Å². The molecular weight excluding hydrogens is 434 g/mol. The minimum absolute atomic E-state index is 0.00414. The molecule has 0 spiro atoms. The molecule has 0 aromatic heterocycles. The first-order chi connectivity index (χ1) is 17.0. The lowest BCUT2D eigenvalue weighted by molar-refractivity contribution is -0.135. The second kappa shape index (κ2) is 12.3. The Morgan fingerprint density at radius 3 is 2.14 bits per heavy atom. The zero-order valence-corrected chi connectivity index (χ0v) is 21.4. The second-order valence-electron chi connectivity index (χ2n) is 10.8. The maximum atomic E-state index is 12.7. The van der Waals surface area contributed by atoms with Gasteiger partial charge in [0, 0.05) is 51.6 Å². The van der Waals surface area contributed by atoms with Crippen LogP contribution < -0.4 is 5.32 Å². The number of rotatable bonds is 8. The fourth-order valence-corrected chi connectivity index (χ4v) is 5.72. The fourth-order valence-electron chi connectivity index (χ4n) is 5.72. The number of piperidine rings is 2. The van der Waals surface area contributed by atoms with E-state index in [4.69, 9.17) is 0 Å². The molecule has 0 aliphatic carbocycles. The molecule has 2 aromatic carbocycles. The number of aryl methyl sites for hydroxylation is 1. The average molecular weight is 476 g/mol. The third-order valence-electron chi connectivity index (χ3n) is 7.53. The molecule has 2 amide bonds. The van der Waals surface area contributed by atoms with Gasteiger partial charge in [0.05, 0.1) is 0 Å². The first kappa shape index (κ1) is 25.4. The molecule has 5 nitrogen and oxygen atoms in total. The average Bonchev–Trinajstić information content (AvgIpc) is 2.87. The summed E-state index contributed by atoms with van der Waals surface area (Å²) < 4.78 is 0. The highest BCUT2D eigenvalue weighted by Gasteiger charge is 2.27. The number of hydrogen-bond acceptors (Lipinski definition) is 3. The molecule has 2 heterocycles. The van der Waals surface area contributed by atoms with E-state index in [1.165, 1.54) is 30.6 Å². The molecule has 2 aromatic rings. The maximum Gasteiger partial charge on any atom is 0.223 e. The Hall–Kier alpha value is -2.66. The van der Waals surface area contributed by atoms with Gasteiger partial charge in [0.1, 0.15) is 0 Å². The van der Waals surface area contributed by atoms with Crippen molar-refractivity contribution in [3.63, 3.8) is 0 Å². The number of carbonyl (C=O) groups excluding carboxylic acids is 2. The molecule has 2 atom stereocenters. The van der Waals surface area contributed by atoms with Crippen molar-refractivity contribution in [1.29, 1.82) is 0 Å². The molecule has 0 bridgehead atoms. The Bertz CT molecular complexity index is 941. The first-order valence-corrected chi connectivity index (χ1v) is 13.4. The summed E-state index contributed by atoms with van der Waals surface area (Å²) in [4.78, 5) is 29.8. The molecule has 188 valence electrons. The standard InChI is InChI=1S/C30H41N3O2/c1-23-18-24(2)21-32(20-23)22-27-10-8-26(9-11-27)19-31-30(35)28-14-16-33(17-15-28)29(34)13-12-25-6-4-3-5-7-25/h3-11,23-24,28H,12-22H2,1-2H3,(H,31,35). The van der Waals surface area contributed by atoms with Crippen LogP contribution in [0.15, 0.2) is 54.6 Å². The van der Waals surface area contributed by atoms with Gasteiger partial charge in [-0.25, -0.2) is 0 Å². The Morgan fingerprint density at radius 2 is 1.49 bits per heavy atom. The van der Waals surface area contributed by atoms with Crippen molar-refractivity contribution in [3.8, 4) is 0 Å². The summed E-state index contributed by atoms with van der Waals surface area (Å²) in [6.07, 6.45) is 4.13. The molecule has 2 saturated heterocycles. The number of carbonyl (C=O) groups is 2. The number of benzene rings is 2. The second-order valence-corrected chi connectivity index (χ2v) is 10.8. The SMILES string of the molecule is CC1CC(C)CN(Cc2ccc(CNC(=O)C3CCN(C(=O)CCc4ccccc4)CC3)cc2)C1. The van der Waals surface area contributed by atoms with Crippen LogP contribution in [-0.4, -0.2) is 47.8 Å². The van der Waals surface area contributed by atoms with Gasteiger partial charge in [-0.2, -0.15) is 0 Å². The van der Waals surface area contributed by atoms with Crippen LogP contribution in [0.1, 0.15) is 56.2 Å². The Balaban J connectivity index is 1.16. The van der Waals surface area contributed by atoms with Crippen molar-refractivity contribution < 1.29 is 9.59 Å². The van der Waals surface area contributed by atoms with Crippen molar-refractivity contribution in [2.75, 3.05) is 26.2 Å². The highest BCUT2D eigenvalue weighted by molar-refractivity contribution is 5.80. The number of amides is 2. The summed E-state index contributed by atoms with van der Waals surface area (Å²) in [5.74, 6) is 1.85. The Kier molecular flexibility index (Phi) is 8.97. The number of likely N-dealkylation sites (tertiary alicyclic amines) is 2. The Morgan fingerprint density at radius 1 is 0.857 bits per heavy atom. The van der Waals surface area contributed by atoms with E-state index in [0.717, 1.165) is 43.2 Å². The van der Waals surface area contributed by atoms with Gasteiger partial charge in [-0.15, -0.1) is 0 Å². The van der Waals surface area contributed by atoms with Crippen molar-refractivity contribution in [1.82, 2.24) is 15.1 Å². The normalized spacial score (nSPS) is 21.6. The van der Waals surface area contributed by atoms with Crippen LogP contribution in [0, 0.1) is 17.8 Å². The summed E-state index contributed by atoms with van der Waals surface area (Å²) in [6.45, 7) is 9.98. The number of nitrogens with one attached hydrogen (secondary N) is 1. The van der Waals surface area contributed by atoms with E-state index in [0.29, 0.717) is 26.1 Å². The first-order valence-electron chi connectivity index (χ1n) is 13.4. The maximum absolute atomic E-state index is 12.7. The molecule has 0 saturated carbocycles. The monoisotopic (exact) mass is 475 g/mol. The molecule has 4 rings (SSSR count). The van der Waals surface area contributed by atoms with Crippen LogP contribution in [0.3, 0.4) is 0 Å². The third-order valence-corrected chi connectivity index (χ3v) is 7.53. The van der Waals surface area contributed by atoms with Crippen LogP contribution in [0.5, 0.6) is 0 Å². The largest absolute Gasteiger partial charge is 0.352 e. The molecule has 2 aliphatic heterocycles. The highest BCUT2D eigenvalue weighted by atomic mass is 16.2. The topological polar surface area (TPSA) is 52.7 Å². The minimum Gasteiger partial charge on any atom is -0.352 e. The van der Waals surface area contributed by atoms with E-state index in [9.17, 15) is 9.59 Å². The molecule has 2 fully saturated rings. The van der Waals surface area contributed by atoms with Gasteiger partial charge in [-0.1, -0.05) is 68.4 Å². The third kappa shape index (κ3) is 7.66. The van der Waals surface area contributed by atoms with E-state index in [1.807, 2.05) is 23.1 Å². The molecule has 2 unspecified atom stereocenters. The van der Waals surface area contributed by atoms with Gasteiger partial charge in [0.25, 0.3) is 0 Å². The zero-order valence-electron chi connectivity index (χ0n) is 21.4. The van der Waals surface area contributed by atoms with Crippen molar-refractivity contribution in [2.45, 2.75) is 59.0 Å². The van der Waals surface area contributed by atoms with Gasteiger partial charge in [-0.3, -0.25) is 14.5 Å². The van der Waals surface area contributed by atoms with Crippen molar-refractivity contribution in [2.24, 2.45) is 17.8 Å². The van der Waals surface area contributed by atoms with Crippen LogP contribution in [0.25, 0.3) is 0 Å². The lowest BCUT2D eigenvalue weighted by Crippen LogP contribution is -2.43. The van der Waals surface area contributed by atoms with Crippen molar-refractivity contribution >= 4 is 11.8 Å². The molecule has 1 N–H and O–H groups in total. The van der Waals surface area contributed by atoms with Crippen LogP contribution in [-0.2, 0) is 29.1 Å². The molecule has 0 radical (unpaired) electrons. The molecule has 2 aliphatic rings. The van der Waals surface area contributed by atoms with E-state index in [1.54, 1.807) is 0 Å².